The van der Waals surface area contributed by atoms with E-state index >= 15 is 0 Å². The van der Waals surface area contributed by atoms with Gasteiger partial charge in [-0.25, -0.2) is 0 Å². The number of hydrogen-bond acceptors (Lipinski definition) is 3. The second-order valence-corrected chi connectivity index (χ2v) is 8.03. The SMILES string of the molecule is CCOc1cc(CNCCc2ccc(Cl)cc2Cl)cc(Cl)c1OCc1ccccc1. The molecule has 0 aliphatic heterocycles. The number of benzene rings is 3. The smallest absolute Gasteiger partial charge is 0.180 e. The van der Waals surface area contributed by atoms with Crippen LogP contribution < -0.4 is 14.8 Å². The fraction of sp³-hybridized carbons (Fsp3) is 0.250. The van der Waals surface area contributed by atoms with Gasteiger partial charge in [-0.1, -0.05) is 71.2 Å². The van der Waals surface area contributed by atoms with Crippen molar-refractivity contribution in [1.29, 1.82) is 0 Å². The number of nitrogens with one attached hydrogen (secondary N) is 1. The zero-order valence-electron chi connectivity index (χ0n) is 16.8. The summed E-state index contributed by atoms with van der Waals surface area (Å²) in [5.74, 6) is 1.22. The van der Waals surface area contributed by atoms with Gasteiger partial charge in [0.05, 0.1) is 11.6 Å². The van der Waals surface area contributed by atoms with Crippen molar-refractivity contribution in [3.05, 3.63) is 92.4 Å². The number of ether oxygens (including phenoxy) is 2. The summed E-state index contributed by atoms with van der Waals surface area (Å²) in [6, 6.07) is 19.4. The molecule has 0 atom stereocenters. The summed E-state index contributed by atoms with van der Waals surface area (Å²) in [7, 11) is 0. The van der Waals surface area contributed by atoms with Crippen LogP contribution in [0.1, 0.15) is 23.6 Å². The second kappa shape index (κ2) is 11.5. The first-order chi connectivity index (χ1) is 14.6. The molecule has 0 saturated carbocycles. The maximum absolute atomic E-state index is 6.52. The van der Waals surface area contributed by atoms with Crippen LogP contribution in [0.2, 0.25) is 15.1 Å². The van der Waals surface area contributed by atoms with Crippen molar-refractivity contribution in [3.8, 4) is 11.5 Å². The van der Waals surface area contributed by atoms with Crippen LogP contribution in [0.3, 0.4) is 0 Å². The highest BCUT2D eigenvalue weighted by Crippen LogP contribution is 2.37. The first-order valence-corrected chi connectivity index (χ1v) is 11.0. The van der Waals surface area contributed by atoms with Gasteiger partial charge in [0, 0.05) is 16.6 Å². The zero-order valence-corrected chi connectivity index (χ0v) is 19.0. The minimum absolute atomic E-state index is 0.431. The summed E-state index contributed by atoms with van der Waals surface area (Å²) >= 11 is 18.7. The van der Waals surface area contributed by atoms with E-state index in [2.05, 4.69) is 5.32 Å². The highest BCUT2D eigenvalue weighted by Gasteiger charge is 2.13. The Hall–Kier alpha value is -1.91. The normalized spacial score (nSPS) is 10.8. The van der Waals surface area contributed by atoms with Crippen LogP contribution in [0.5, 0.6) is 11.5 Å². The summed E-state index contributed by atoms with van der Waals surface area (Å²) in [5.41, 5.74) is 3.16. The molecule has 3 rings (SSSR count). The predicted octanol–water partition coefficient (Wildman–Crippen LogP) is 6.96. The lowest BCUT2D eigenvalue weighted by atomic mass is 10.1. The Bertz CT molecular complexity index is 964. The van der Waals surface area contributed by atoms with Crippen LogP contribution in [-0.4, -0.2) is 13.2 Å². The van der Waals surface area contributed by atoms with Gasteiger partial charge in [-0.05, 0) is 60.8 Å². The minimum Gasteiger partial charge on any atom is -0.490 e. The van der Waals surface area contributed by atoms with Crippen LogP contribution in [0.15, 0.2) is 60.7 Å². The molecule has 3 aromatic carbocycles. The van der Waals surface area contributed by atoms with Crippen molar-refractivity contribution in [2.24, 2.45) is 0 Å². The molecule has 0 radical (unpaired) electrons. The van der Waals surface area contributed by atoms with Crippen LogP contribution >= 0.6 is 34.8 Å². The molecule has 0 unspecified atom stereocenters. The van der Waals surface area contributed by atoms with Gasteiger partial charge < -0.3 is 14.8 Å². The van der Waals surface area contributed by atoms with Crippen molar-refractivity contribution >= 4 is 34.8 Å². The third-order valence-electron chi connectivity index (χ3n) is 4.51. The first-order valence-electron chi connectivity index (χ1n) is 9.83. The van der Waals surface area contributed by atoms with Gasteiger partial charge in [-0.3, -0.25) is 0 Å². The largest absolute Gasteiger partial charge is 0.490 e. The molecule has 0 amide bonds. The number of halogens is 3. The Morgan fingerprint density at radius 2 is 1.63 bits per heavy atom. The summed E-state index contributed by atoms with van der Waals surface area (Å²) in [5, 5.41) is 5.28. The highest BCUT2D eigenvalue weighted by molar-refractivity contribution is 6.35. The Labute approximate surface area is 192 Å². The molecule has 3 aromatic rings. The molecule has 0 aromatic heterocycles. The predicted molar refractivity (Wildman–Crippen MR) is 125 cm³/mol. The third kappa shape index (κ3) is 6.55. The van der Waals surface area contributed by atoms with Crippen molar-refractivity contribution in [2.75, 3.05) is 13.2 Å². The Balaban J connectivity index is 1.61. The zero-order chi connectivity index (χ0) is 21.3. The van der Waals surface area contributed by atoms with E-state index in [1.165, 1.54) is 0 Å². The molecule has 0 saturated heterocycles. The second-order valence-electron chi connectivity index (χ2n) is 6.77. The van der Waals surface area contributed by atoms with Crippen LogP contribution in [0.25, 0.3) is 0 Å². The van der Waals surface area contributed by atoms with Gasteiger partial charge in [-0.15, -0.1) is 0 Å². The maximum atomic E-state index is 6.52. The van der Waals surface area contributed by atoms with Gasteiger partial charge in [-0.2, -0.15) is 0 Å². The lowest BCUT2D eigenvalue weighted by Crippen LogP contribution is -2.17. The Morgan fingerprint density at radius 3 is 2.37 bits per heavy atom. The lowest BCUT2D eigenvalue weighted by molar-refractivity contribution is 0.269. The fourth-order valence-electron chi connectivity index (χ4n) is 3.04. The standard InChI is InChI=1S/C24H24Cl3NO2/c1-2-29-23-13-18(15-28-11-10-19-8-9-20(25)14-21(19)26)12-22(27)24(23)30-16-17-6-4-3-5-7-17/h3-9,12-14,28H,2,10-11,15-16H2,1H3. The highest BCUT2D eigenvalue weighted by atomic mass is 35.5. The summed E-state index contributed by atoms with van der Waals surface area (Å²) in [6.45, 7) is 4.33. The molecule has 0 aliphatic carbocycles. The molecule has 3 nitrogen and oxygen atoms in total. The summed E-state index contributed by atoms with van der Waals surface area (Å²) in [6.07, 6.45) is 0.806. The van der Waals surface area contributed by atoms with Gasteiger partial charge in [0.2, 0.25) is 0 Å². The molecule has 0 bridgehead atoms. The Kier molecular flexibility index (Phi) is 8.71. The summed E-state index contributed by atoms with van der Waals surface area (Å²) in [4.78, 5) is 0. The van der Waals surface area contributed by atoms with Crippen LogP contribution in [-0.2, 0) is 19.6 Å². The van der Waals surface area contributed by atoms with E-state index in [0.717, 1.165) is 29.7 Å². The van der Waals surface area contributed by atoms with Gasteiger partial charge in [0.25, 0.3) is 0 Å². The fourth-order valence-corrected chi connectivity index (χ4v) is 3.83. The molecule has 0 heterocycles. The van der Waals surface area contributed by atoms with Crippen LogP contribution in [0.4, 0.5) is 0 Å². The minimum atomic E-state index is 0.431. The van der Waals surface area contributed by atoms with E-state index in [4.69, 9.17) is 44.3 Å². The van der Waals surface area contributed by atoms with E-state index in [-0.39, 0.29) is 0 Å². The van der Waals surface area contributed by atoms with E-state index in [0.29, 0.717) is 46.3 Å². The molecule has 158 valence electrons. The number of hydrogen-bond donors (Lipinski definition) is 1. The molecular weight excluding hydrogens is 441 g/mol. The summed E-state index contributed by atoms with van der Waals surface area (Å²) < 4.78 is 11.7. The van der Waals surface area contributed by atoms with E-state index < -0.39 is 0 Å². The van der Waals surface area contributed by atoms with Gasteiger partial charge >= 0.3 is 0 Å². The molecule has 30 heavy (non-hydrogen) atoms. The molecule has 6 heteroatoms. The maximum Gasteiger partial charge on any atom is 0.180 e. The topological polar surface area (TPSA) is 30.5 Å². The van der Waals surface area contributed by atoms with Gasteiger partial charge in [0.1, 0.15) is 6.61 Å². The lowest BCUT2D eigenvalue weighted by Gasteiger charge is -2.16. The van der Waals surface area contributed by atoms with Crippen molar-refractivity contribution < 1.29 is 9.47 Å². The molecule has 0 aliphatic rings. The quantitative estimate of drug-likeness (QED) is 0.329. The van der Waals surface area contributed by atoms with Crippen LogP contribution in [0, 0.1) is 0 Å². The van der Waals surface area contributed by atoms with E-state index in [9.17, 15) is 0 Å². The third-order valence-corrected chi connectivity index (χ3v) is 5.38. The molecule has 0 fully saturated rings. The van der Waals surface area contributed by atoms with E-state index in [1.54, 1.807) is 6.07 Å². The first kappa shape index (κ1) is 22.8. The average molecular weight is 465 g/mol. The van der Waals surface area contributed by atoms with E-state index in [1.807, 2.05) is 61.5 Å². The molecular formula is C24H24Cl3NO2. The molecule has 1 N–H and O–H groups in total. The Morgan fingerprint density at radius 1 is 0.833 bits per heavy atom. The van der Waals surface area contributed by atoms with Crippen molar-refractivity contribution in [3.63, 3.8) is 0 Å². The number of rotatable bonds is 10. The average Bonchev–Trinajstić information content (AvgIpc) is 2.73. The van der Waals surface area contributed by atoms with Gasteiger partial charge in [0.15, 0.2) is 11.5 Å². The monoisotopic (exact) mass is 463 g/mol. The molecule has 0 spiro atoms. The van der Waals surface area contributed by atoms with Crippen molar-refractivity contribution in [2.45, 2.75) is 26.5 Å². The van der Waals surface area contributed by atoms with Crippen molar-refractivity contribution in [1.82, 2.24) is 5.32 Å².